The third-order valence-electron chi connectivity index (χ3n) is 2.55. The van der Waals surface area contributed by atoms with Crippen molar-refractivity contribution >= 4 is 11.8 Å². The molecule has 0 fully saturated rings. The summed E-state index contributed by atoms with van der Waals surface area (Å²) in [4.78, 5) is 4.79. The van der Waals surface area contributed by atoms with E-state index in [2.05, 4.69) is 4.98 Å². The highest BCUT2D eigenvalue weighted by Gasteiger charge is 2.27. The molecule has 2 aromatic rings. The standard InChI is InChI=1S/C14H12F3NS/c1-10-13(6-3-7-18-10)11-4-2-5-12(8-11)19-9-14(15,16)17/h2-8H,9H2,1H3. The fraction of sp³-hybridized carbons (Fsp3) is 0.214. The van der Waals surface area contributed by atoms with Gasteiger partial charge in [-0.2, -0.15) is 13.2 Å². The zero-order valence-corrected chi connectivity index (χ0v) is 11.1. The zero-order valence-electron chi connectivity index (χ0n) is 10.2. The fourth-order valence-electron chi connectivity index (χ4n) is 1.71. The lowest BCUT2D eigenvalue weighted by atomic mass is 10.1. The van der Waals surface area contributed by atoms with Crippen molar-refractivity contribution in [3.05, 3.63) is 48.3 Å². The summed E-state index contributed by atoms with van der Waals surface area (Å²) in [5.74, 6) is -0.873. The number of aromatic nitrogens is 1. The Morgan fingerprint density at radius 1 is 1.16 bits per heavy atom. The lowest BCUT2D eigenvalue weighted by molar-refractivity contribution is -0.105. The number of thioether (sulfide) groups is 1. The summed E-state index contributed by atoms with van der Waals surface area (Å²) in [7, 11) is 0. The smallest absolute Gasteiger partial charge is 0.261 e. The molecule has 0 radical (unpaired) electrons. The molecule has 1 aromatic heterocycles. The summed E-state index contributed by atoms with van der Waals surface area (Å²) in [5.41, 5.74) is 2.69. The van der Waals surface area contributed by atoms with Crippen LogP contribution >= 0.6 is 11.8 Å². The topological polar surface area (TPSA) is 12.9 Å². The van der Waals surface area contributed by atoms with Crippen molar-refractivity contribution in [2.24, 2.45) is 0 Å². The Bertz CT molecular complexity index is 567. The molecular weight excluding hydrogens is 271 g/mol. The highest BCUT2D eigenvalue weighted by Crippen LogP contribution is 2.30. The van der Waals surface area contributed by atoms with Gasteiger partial charge in [-0.15, -0.1) is 11.8 Å². The van der Waals surface area contributed by atoms with E-state index in [1.807, 2.05) is 25.1 Å². The van der Waals surface area contributed by atoms with E-state index >= 15 is 0 Å². The summed E-state index contributed by atoms with van der Waals surface area (Å²) < 4.78 is 36.6. The van der Waals surface area contributed by atoms with E-state index in [1.54, 1.807) is 24.4 Å². The number of rotatable bonds is 3. The molecule has 100 valence electrons. The van der Waals surface area contributed by atoms with Gasteiger partial charge in [0, 0.05) is 22.3 Å². The van der Waals surface area contributed by atoms with Gasteiger partial charge in [0.05, 0.1) is 5.75 Å². The second kappa shape index (κ2) is 5.65. The molecular formula is C14H12F3NS. The van der Waals surface area contributed by atoms with Gasteiger partial charge in [0.2, 0.25) is 0 Å². The molecule has 0 amide bonds. The van der Waals surface area contributed by atoms with Gasteiger partial charge >= 0.3 is 6.18 Å². The minimum absolute atomic E-state index is 0.609. The van der Waals surface area contributed by atoms with Crippen LogP contribution in [0.25, 0.3) is 11.1 Å². The van der Waals surface area contributed by atoms with E-state index < -0.39 is 11.9 Å². The number of hydrogen-bond donors (Lipinski definition) is 0. The Kier molecular flexibility index (Phi) is 4.14. The molecule has 5 heteroatoms. The second-order valence-corrected chi connectivity index (χ2v) is 5.12. The molecule has 0 aliphatic heterocycles. The Hall–Kier alpha value is -1.49. The quantitative estimate of drug-likeness (QED) is 0.756. The third kappa shape index (κ3) is 3.99. The Morgan fingerprint density at radius 3 is 2.63 bits per heavy atom. The predicted molar refractivity (Wildman–Crippen MR) is 71.2 cm³/mol. The van der Waals surface area contributed by atoms with E-state index in [0.717, 1.165) is 28.6 Å². The van der Waals surface area contributed by atoms with Gasteiger partial charge in [0.25, 0.3) is 0 Å². The van der Waals surface area contributed by atoms with Crippen LogP contribution < -0.4 is 0 Å². The van der Waals surface area contributed by atoms with Gasteiger partial charge in [0.1, 0.15) is 0 Å². The highest BCUT2D eigenvalue weighted by molar-refractivity contribution is 7.99. The molecule has 0 bridgehead atoms. The van der Waals surface area contributed by atoms with Crippen LogP contribution in [0, 0.1) is 6.92 Å². The van der Waals surface area contributed by atoms with Crippen LogP contribution in [0.5, 0.6) is 0 Å². The highest BCUT2D eigenvalue weighted by atomic mass is 32.2. The Labute approximate surface area is 113 Å². The van der Waals surface area contributed by atoms with Gasteiger partial charge in [-0.05, 0) is 30.7 Å². The van der Waals surface area contributed by atoms with Gasteiger partial charge < -0.3 is 0 Å². The van der Waals surface area contributed by atoms with E-state index in [1.165, 1.54) is 0 Å². The second-order valence-electron chi connectivity index (χ2n) is 4.07. The van der Waals surface area contributed by atoms with Crippen molar-refractivity contribution in [1.29, 1.82) is 0 Å². The maximum absolute atomic E-state index is 12.2. The molecule has 0 atom stereocenters. The van der Waals surface area contributed by atoms with Crippen LogP contribution in [-0.4, -0.2) is 16.9 Å². The molecule has 0 unspecified atom stereocenters. The maximum atomic E-state index is 12.2. The normalized spacial score (nSPS) is 11.6. The average molecular weight is 283 g/mol. The summed E-state index contributed by atoms with van der Waals surface area (Å²) in [5, 5.41) is 0. The maximum Gasteiger partial charge on any atom is 0.398 e. The monoisotopic (exact) mass is 283 g/mol. The van der Waals surface area contributed by atoms with Crippen LogP contribution in [0.15, 0.2) is 47.5 Å². The van der Waals surface area contributed by atoms with Crippen molar-refractivity contribution < 1.29 is 13.2 Å². The molecule has 1 nitrogen and oxygen atoms in total. The minimum Gasteiger partial charge on any atom is -0.261 e. The first-order valence-electron chi connectivity index (χ1n) is 5.67. The first kappa shape index (κ1) is 13.9. The van der Waals surface area contributed by atoms with E-state index in [4.69, 9.17) is 0 Å². The largest absolute Gasteiger partial charge is 0.398 e. The van der Waals surface area contributed by atoms with Gasteiger partial charge in [0.15, 0.2) is 0 Å². The van der Waals surface area contributed by atoms with Gasteiger partial charge in [-0.3, -0.25) is 4.98 Å². The number of alkyl halides is 3. The molecule has 0 aliphatic rings. The van der Waals surface area contributed by atoms with Crippen molar-refractivity contribution in [3.63, 3.8) is 0 Å². The third-order valence-corrected chi connectivity index (χ3v) is 3.61. The number of aryl methyl sites for hydroxylation is 1. The van der Waals surface area contributed by atoms with Crippen LogP contribution in [0.1, 0.15) is 5.69 Å². The number of pyridine rings is 1. The number of nitrogens with zero attached hydrogens (tertiary/aromatic N) is 1. The summed E-state index contributed by atoms with van der Waals surface area (Å²) >= 11 is 0.797. The van der Waals surface area contributed by atoms with Gasteiger partial charge in [-0.25, -0.2) is 0 Å². The molecule has 1 heterocycles. The van der Waals surface area contributed by atoms with Crippen LogP contribution in [0.4, 0.5) is 13.2 Å². The molecule has 0 saturated carbocycles. The minimum atomic E-state index is -4.15. The van der Waals surface area contributed by atoms with Crippen molar-refractivity contribution in [1.82, 2.24) is 4.98 Å². The first-order chi connectivity index (χ1) is 8.96. The summed E-state index contributed by atoms with van der Waals surface area (Å²) in [6, 6.07) is 10.8. The number of halogens is 3. The number of hydrogen-bond acceptors (Lipinski definition) is 2. The molecule has 0 saturated heterocycles. The SMILES string of the molecule is Cc1ncccc1-c1cccc(SCC(F)(F)F)c1. The number of benzene rings is 1. The van der Waals surface area contributed by atoms with Crippen molar-refractivity contribution in [2.45, 2.75) is 18.0 Å². The zero-order chi connectivity index (χ0) is 13.9. The molecule has 0 N–H and O–H groups in total. The Morgan fingerprint density at radius 2 is 1.95 bits per heavy atom. The van der Waals surface area contributed by atoms with Crippen LogP contribution in [0.2, 0.25) is 0 Å². The molecule has 2 rings (SSSR count). The lowest BCUT2D eigenvalue weighted by Crippen LogP contribution is -2.10. The molecule has 1 aromatic carbocycles. The lowest BCUT2D eigenvalue weighted by Gasteiger charge is -2.09. The van der Waals surface area contributed by atoms with Crippen molar-refractivity contribution in [3.8, 4) is 11.1 Å². The van der Waals surface area contributed by atoms with E-state index in [0.29, 0.717) is 4.90 Å². The van der Waals surface area contributed by atoms with Crippen molar-refractivity contribution in [2.75, 3.05) is 5.75 Å². The molecule has 19 heavy (non-hydrogen) atoms. The van der Waals surface area contributed by atoms with Crippen LogP contribution in [0.3, 0.4) is 0 Å². The fourth-order valence-corrected chi connectivity index (χ4v) is 2.42. The summed E-state index contributed by atoms with van der Waals surface area (Å²) in [6.07, 6.45) is -2.45. The molecule has 0 aliphatic carbocycles. The van der Waals surface area contributed by atoms with E-state index in [9.17, 15) is 13.2 Å². The van der Waals surface area contributed by atoms with Crippen LogP contribution in [-0.2, 0) is 0 Å². The first-order valence-corrected chi connectivity index (χ1v) is 6.66. The Balaban J connectivity index is 2.23. The summed E-state index contributed by atoms with van der Waals surface area (Å²) in [6.45, 7) is 1.88. The predicted octanol–water partition coefficient (Wildman–Crippen LogP) is 4.71. The average Bonchev–Trinajstić information content (AvgIpc) is 2.36. The van der Waals surface area contributed by atoms with Gasteiger partial charge in [-0.1, -0.05) is 18.2 Å². The van der Waals surface area contributed by atoms with E-state index in [-0.39, 0.29) is 0 Å². The molecule has 0 spiro atoms.